The number of hydrogen-bond acceptors (Lipinski definition) is 5. The van der Waals surface area contributed by atoms with Gasteiger partial charge in [0.15, 0.2) is 0 Å². The van der Waals surface area contributed by atoms with Gasteiger partial charge in [0.1, 0.15) is 5.75 Å². The van der Waals surface area contributed by atoms with Gasteiger partial charge in [-0.1, -0.05) is 0 Å². The van der Waals surface area contributed by atoms with Gasteiger partial charge in [-0.3, -0.25) is 4.79 Å². The van der Waals surface area contributed by atoms with E-state index in [0.29, 0.717) is 18.0 Å². The summed E-state index contributed by atoms with van der Waals surface area (Å²) in [5.41, 5.74) is 2.08. The maximum absolute atomic E-state index is 12.1. The fraction of sp³-hybridized carbons (Fsp3) is 0.312. The van der Waals surface area contributed by atoms with Crippen molar-refractivity contribution in [2.45, 2.75) is 13.0 Å². The predicted octanol–water partition coefficient (Wildman–Crippen LogP) is 1.64. The first-order valence-electron chi connectivity index (χ1n) is 7.20. The lowest BCUT2D eigenvalue weighted by Gasteiger charge is -2.24. The second kappa shape index (κ2) is 6.01. The molecule has 0 spiro atoms. The van der Waals surface area contributed by atoms with Gasteiger partial charge in [0.05, 0.1) is 24.3 Å². The number of rotatable bonds is 4. The third kappa shape index (κ3) is 2.86. The van der Waals surface area contributed by atoms with Crippen LogP contribution >= 0.6 is 0 Å². The molecular weight excluding hydrogens is 280 g/mol. The standard InChI is InChI=1S/C16H18N4O2/c1-22-13-2-3-14-15(10-13)20(16(21)11-18-14)9-8-19-6-4-12(17)5-7-19/h2-4,6,10-11,17H,5,7-9H2,1H3. The molecule has 2 aromatic rings. The van der Waals surface area contributed by atoms with Crippen molar-refractivity contribution < 1.29 is 4.74 Å². The maximum atomic E-state index is 12.1. The van der Waals surface area contributed by atoms with Crippen molar-refractivity contribution in [2.24, 2.45) is 0 Å². The van der Waals surface area contributed by atoms with Crippen LogP contribution in [0, 0.1) is 5.41 Å². The Morgan fingerprint density at radius 3 is 2.95 bits per heavy atom. The quantitative estimate of drug-likeness (QED) is 0.931. The number of ether oxygens (including phenoxy) is 1. The summed E-state index contributed by atoms with van der Waals surface area (Å²) < 4.78 is 6.96. The zero-order valence-corrected chi connectivity index (χ0v) is 12.5. The second-order valence-corrected chi connectivity index (χ2v) is 5.23. The van der Waals surface area contributed by atoms with Gasteiger partial charge in [0, 0.05) is 44.0 Å². The number of allylic oxidation sites excluding steroid dienone is 1. The summed E-state index contributed by atoms with van der Waals surface area (Å²) in [4.78, 5) is 18.4. The SMILES string of the molecule is COc1ccc2ncc(=O)n(CCN3C=CC(=N)CC3)c2c1. The zero-order valence-electron chi connectivity index (χ0n) is 12.5. The average molecular weight is 298 g/mol. The van der Waals surface area contributed by atoms with E-state index in [-0.39, 0.29) is 5.56 Å². The summed E-state index contributed by atoms with van der Waals surface area (Å²) in [6.07, 6.45) is 5.83. The highest BCUT2D eigenvalue weighted by Crippen LogP contribution is 2.18. The Morgan fingerprint density at radius 1 is 1.36 bits per heavy atom. The van der Waals surface area contributed by atoms with Crippen molar-refractivity contribution in [1.82, 2.24) is 14.5 Å². The molecule has 1 aliphatic heterocycles. The molecule has 0 bridgehead atoms. The molecule has 2 heterocycles. The molecule has 0 amide bonds. The number of nitrogens with zero attached hydrogens (tertiary/aromatic N) is 3. The minimum Gasteiger partial charge on any atom is -0.497 e. The van der Waals surface area contributed by atoms with Gasteiger partial charge in [-0.05, 0) is 18.2 Å². The van der Waals surface area contributed by atoms with E-state index in [2.05, 4.69) is 9.88 Å². The molecule has 114 valence electrons. The molecule has 1 N–H and O–H groups in total. The van der Waals surface area contributed by atoms with Gasteiger partial charge in [-0.15, -0.1) is 0 Å². The van der Waals surface area contributed by atoms with Gasteiger partial charge in [-0.25, -0.2) is 4.98 Å². The van der Waals surface area contributed by atoms with Crippen LogP contribution in [0.25, 0.3) is 11.0 Å². The maximum Gasteiger partial charge on any atom is 0.269 e. The zero-order chi connectivity index (χ0) is 15.5. The molecule has 0 radical (unpaired) electrons. The first-order chi connectivity index (χ1) is 10.7. The lowest BCUT2D eigenvalue weighted by atomic mass is 10.2. The highest BCUT2D eigenvalue weighted by atomic mass is 16.5. The number of methoxy groups -OCH3 is 1. The number of fused-ring (bicyclic) bond motifs is 1. The van der Waals surface area contributed by atoms with E-state index in [9.17, 15) is 4.79 Å². The van der Waals surface area contributed by atoms with Crippen LogP contribution < -0.4 is 10.3 Å². The molecule has 1 aliphatic rings. The molecule has 0 fully saturated rings. The predicted molar refractivity (Wildman–Crippen MR) is 85.6 cm³/mol. The first-order valence-corrected chi connectivity index (χ1v) is 7.20. The normalized spacial score (nSPS) is 14.6. The third-order valence-corrected chi connectivity index (χ3v) is 3.82. The third-order valence-electron chi connectivity index (χ3n) is 3.82. The van der Waals surface area contributed by atoms with Crippen LogP contribution in [-0.2, 0) is 6.54 Å². The summed E-state index contributed by atoms with van der Waals surface area (Å²) >= 11 is 0. The molecular formula is C16H18N4O2. The number of benzene rings is 1. The summed E-state index contributed by atoms with van der Waals surface area (Å²) in [6, 6.07) is 5.53. The number of aromatic nitrogens is 2. The van der Waals surface area contributed by atoms with Crippen LogP contribution in [0.1, 0.15) is 6.42 Å². The molecule has 6 nitrogen and oxygen atoms in total. The fourth-order valence-corrected chi connectivity index (χ4v) is 2.53. The molecule has 0 saturated carbocycles. The van der Waals surface area contributed by atoms with Gasteiger partial charge >= 0.3 is 0 Å². The summed E-state index contributed by atoms with van der Waals surface area (Å²) in [6.45, 7) is 2.11. The van der Waals surface area contributed by atoms with Gasteiger partial charge < -0.3 is 19.6 Å². The Labute approximate surface area is 128 Å². The summed E-state index contributed by atoms with van der Waals surface area (Å²) in [5, 5.41) is 7.57. The van der Waals surface area contributed by atoms with E-state index < -0.39 is 0 Å². The van der Waals surface area contributed by atoms with Crippen LogP contribution in [0.2, 0.25) is 0 Å². The van der Waals surface area contributed by atoms with Crippen molar-refractivity contribution in [3.63, 3.8) is 0 Å². The summed E-state index contributed by atoms with van der Waals surface area (Å²) in [7, 11) is 1.60. The minimum absolute atomic E-state index is 0.116. The van der Waals surface area contributed by atoms with Crippen LogP contribution in [0.4, 0.5) is 0 Å². The van der Waals surface area contributed by atoms with Crippen LogP contribution in [0.5, 0.6) is 5.75 Å². The Kier molecular flexibility index (Phi) is 3.91. The largest absolute Gasteiger partial charge is 0.497 e. The van der Waals surface area contributed by atoms with Crippen LogP contribution in [-0.4, -0.2) is 40.4 Å². The van der Waals surface area contributed by atoms with Crippen molar-refractivity contribution in [3.8, 4) is 5.75 Å². The van der Waals surface area contributed by atoms with Crippen molar-refractivity contribution in [3.05, 3.63) is 47.0 Å². The van der Waals surface area contributed by atoms with Crippen molar-refractivity contribution >= 4 is 16.7 Å². The topological polar surface area (TPSA) is 71.2 Å². The Balaban J connectivity index is 1.89. The monoisotopic (exact) mass is 298 g/mol. The molecule has 3 rings (SSSR count). The number of hydrogen-bond donors (Lipinski definition) is 1. The van der Waals surface area contributed by atoms with E-state index in [1.807, 2.05) is 24.4 Å². The van der Waals surface area contributed by atoms with Gasteiger partial charge in [0.25, 0.3) is 5.56 Å². The molecule has 0 saturated heterocycles. The van der Waals surface area contributed by atoms with E-state index in [1.54, 1.807) is 17.8 Å². The molecule has 0 aliphatic carbocycles. The van der Waals surface area contributed by atoms with Crippen LogP contribution in [0.3, 0.4) is 0 Å². The molecule has 0 unspecified atom stereocenters. The molecule has 0 atom stereocenters. The average Bonchev–Trinajstić information content (AvgIpc) is 2.55. The minimum atomic E-state index is -0.116. The highest BCUT2D eigenvalue weighted by Gasteiger charge is 2.10. The second-order valence-electron chi connectivity index (χ2n) is 5.23. The number of nitrogens with one attached hydrogen (secondary N) is 1. The molecule has 1 aromatic carbocycles. The molecule has 6 heteroatoms. The lowest BCUT2D eigenvalue weighted by Crippen LogP contribution is -2.31. The van der Waals surface area contributed by atoms with Crippen molar-refractivity contribution in [2.75, 3.05) is 20.2 Å². The Morgan fingerprint density at radius 2 is 2.23 bits per heavy atom. The lowest BCUT2D eigenvalue weighted by molar-refractivity contribution is 0.361. The Hall–Kier alpha value is -2.63. The smallest absolute Gasteiger partial charge is 0.269 e. The van der Waals surface area contributed by atoms with Gasteiger partial charge in [-0.2, -0.15) is 0 Å². The molecule has 1 aromatic heterocycles. The van der Waals surface area contributed by atoms with E-state index >= 15 is 0 Å². The fourth-order valence-electron chi connectivity index (χ4n) is 2.53. The summed E-state index contributed by atoms with van der Waals surface area (Å²) in [5.74, 6) is 0.708. The highest BCUT2D eigenvalue weighted by molar-refractivity contribution is 5.92. The van der Waals surface area contributed by atoms with E-state index in [4.69, 9.17) is 10.1 Å². The first kappa shape index (κ1) is 14.3. The van der Waals surface area contributed by atoms with Crippen molar-refractivity contribution in [1.29, 1.82) is 5.41 Å². The Bertz CT molecular complexity index is 794. The molecule has 22 heavy (non-hydrogen) atoms. The van der Waals surface area contributed by atoms with E-state index in [0.717, 1.165) is 30.5 Å². The van der Waals surface area contributed by atoms with Crippen LogP contribution in [0.15, 0.2) is 41.5 Å². The van der Waals surface area contributed by atoms with E-state index in [1.165, 1.54) is 6.20 Å². The van der Waals surface area contributed by atoms with Gasteiger partial charge in [0.2, 0.25) is 0 Å².